The van der Waals surface area contributed by atoms with Crippen LogP contribution in [0.4, 0.5) is 5.69 Å². The third kappa shape index (κ3) is 4.59. The molecule has 1 saturated heterocycles. The second kappa shape index (κ2) is 8.41. The van der Waals surface area contributed by atoms with E-state index in [1.807, 2.05) is 26.2 Å². The zero-order valence-electron chi connectivity index (χ0n) is 15.9. The molecule has 148 valence electrons. The van der Waals surface area contributed by atoms with Gasteiger partial charge in [0.15, 0.2) is 0 Å². The van der Waals surface area contributed by atoms with E-state index in [1.54, 1.807) is 30.5 Å². The van der Waals surface area contributed by atoms with Crippen LogP contribution in [0.5, 0.6) is 0 Å². The lowest BCUT2D eigenvalue weighted by atomic mass is 10.3. The van der Waals surface area contributed by atoms with Gasteiger partial charge in [0.25, 0.3) is 0 Å². The minimum Gasteiger partial charge on any atom is -0.373 e. The number of anilines is 1. The van der Waals surface area contributed by atoms with Gasteiger partial charge in [-0.25, -0.2) is 13.4 Å². The van der Waals surface area contributed by atoms with Crippen molar-refractivity contribution in [3.8, 4) is 6.07 Å². The standard InChI is InChI=1S/C19H22N4O3S2/c1-13-12-27-19(22-13)16(8-20)9-21-17-4-6-18(7-5-17)28(24,25)23-10-14(2)26-15(3)11-23/h4-7,9,12,14-15,21H,10-11H2,1-3H3/b16-9+/t14-,15+. The second-order valence-electron chi connectivity index (χ2n) is 6.71. The Hall–Kier alpha value is -2.25. The lowest BCUT2D eigenvalue weighted by Crippen LogP contribution is -2.48. The summed E-state index contributed by atoms with van der Waals surface area (Å²) in [5, 5.41) is 14.9. The summed E-state index contributed by atoms with van der Waals surface area (Å²) in [4.78, 5) is 4.53. The van der Waals surface area contributed by atoms with E-state index in [2.05, 4.69) is 16.4 Å². The molecule has 28 heavy (non-hydrogen) atoms. The molecule has 0 aliphatic carbocycles. The number of nitrogens with one attached hydrogen (secondary N) is 1. The summed E-state index contributed by atoms with van der Waals surface area (Å²) in [5.41, 5.74) is 1.97. The van der Waals surface area contributed by atoms with E-state index in [0.29, 0.717) is 29.4 Å². The quantitative estimate of drug-likeness (QED) is 0.749. The predicted molar refractivity (Wildman–Crippen MR) is 109 cm³/mol. The molecule has 0 radical (unpaired) electrons. The number of hydrogen-bond acceptors (Lipinski definition) is 7. The van der Waals surface area contributed by atoms with Gasteiger partial charge in [-0.2, -0.15) is 9.57 Å². The highest BCUT2D eigenvalue weighted by Crippen LogP contribution is 2.23. The van der Waals surface area contributed by atoms with Crippen molar-refractivity contribution in [2.24, 2.45) is 0 Å². The maximum Gasteiger partial charge on any atom is 0.243 e. The van der Waals surface area contributed by atoms with E-state index >= 15 is 0 Å². The average molecular weight is 419 g/mol. The van der Waals surface area contributed by atoms with Gasteiger partial charge in [0.2, 0.25) is 10.0 Å². The van der Waals surface area contributed by atoms with Gasteiger partial charge in [0.1, 0.15) is 16.6 Å². The number of morpholine rings is 1. The minimum atomic E-state index is -3.57. The van der Waals surface area contributed by atoms with Crippen LogP contribution >= 0.6 is 11.3 Å². The van der Waals surface area contributed by atoms with Crippen molar-refractivity contribution in [1.29, 1.82) is 5.26 Å². The van der Waals surface area contributed by atoms with Gasteiger partial charge in [-0.3, -0.25) is 0 Å². The molecular weight excluding hydrogens is 396 g/mol. The van der Waals surface area contributed by atoms with Crippen LogP contribution in [-0.4, -0.2) is 43.0 Å². The summed E-state index contributed by atoms with van der Waals surface area (Å²) in [6.07, 6.45) is 1.31. The molecule has 0 amide bonds. The van der Waals surface area contributed by atoms with Crippen LogP contribution in [0.3, 0.4) is 0 Å². The van der Waals surface area contributed by atoms with E-state index in [9.17, 15) is 13.7 Å². The second-order valence-corrected chi connectivity index (χ2v) is 9.51. The molecule has 1 N–H and O–H groups in total. The predicted octanol–water partition coefficient (Wildman–Crippen LogP) is 3.23. The molecule has 1 aliphatic heterocycles. The van der Waals surface area contributed by atoms with Gasteiger partial charge in [-0.1, -0.05) is 0 Å². The molecule has 1 aliphatic rings. The summed E-state index contributed by atoms with van der Waals surface area (Å²) >= 11 is 1.40. The molecule has 0 bridgehead atoms. The maximum absolute atomic E-state index is 12.9. The number of rotatable bonds is 5. The molecule has 7 nitrogen and oxygen atoms in total. The van der Waals surface area contributed by atoms with Crippen molar-refractivity contribution in [3.05, 3.63) is 46.5 Å². The number of thiazole rings is 1. The molecule has 2 atom stereocenters. The molecule has 3 rings (SSSR count). The summed E-state index contributed by atoms with van der Waals surface area (Å²) in [5.74, 6) is 0. The Morgan fingerprint density at radius 3 is 2.50 bits per heavy atom. The van der Waals surface area contributed by atoms with E-state index in [0.717, 1.165) is 5.69 Å². The van der Waals surface area contributed by atoms with E-state index in [1.165, 1.54) is 15.6 Å². The van der Waals surface area contributed by atoms with Gasteiger partial charge in [0, 0.05) is 36.1 Å². The van der Waals surface area contributed by atoms with E-state index in [-0.39, 0.29) is 17.1 Å². The van der Waals surface area contributed by atoms with Crippen LogP contribution < -0.4 is 5.32 Å². The Kier molecular flexibility index (Phi) is 6.15. The number of ether oxygens (including phenoxy) is 1. The molecule has 2 aromatic rings. The van der Waals surface area contributed by atoms with Gasteiger partial charge in [0.05, 0.1) is 17.1 Å². The highest BCUT2D eigenvalue weighted by molar-refractivity contribution is 7.89. The number of allylic oxidation sites excluding steroid dienone is 1. The Bertz CT molecular complexity index is 997. The summed E-state index contributed by atoms with van der Waals surface area (Å²) in [6.45, 7) is 6.29. The Morgan fingerprint density at radius 2 is 1.96 bits per heavy atom. The maximum atomic E-state index is 12.9. The molecule has 0 spiro atoms. The van der Waals surface area contributed by atoms with Crippen LogP contribution in [0.1, 0.15) is 24.5 Å². The number of aryl methyl sites for hydroxylation is 1. The fourth-order valence-corrected chi connectivity index (χ4v) is 5.33. The first-order chi connectivity index (χ1) is 13.3. The van der Waals surface area contributed by atoms with Gasteiger partial charge < -0.3 is 10.1 Å². The van der Waals surface area contributed by atoms with Crippen molar-refractivity contribution in [2.75, 3.05) is 18.4 Å². The number of aromatic nitrogens is 1. The van der Waals surface area contributed by atoms with Crippen LogP contribution in [0.15, 0.2) is 40.7 Å². The van der Waals surface area contributed by atoms with Crippen LogP contribution in [0, 0.1) is 18.3 Å². The third-order valence-corrected chi connectivity index (χ3v) is 7.07. The normalized spacial score (nSPS) is 21.3. The van der Waals surface area contributed by atoms with Crippen molar-refractivity contribution in [2.45, 2.75) is 37.9 Å². The molecule has 9 heteroatoms. The first-order valence-electron chi connectivity index (χ1n) is 8.84. The summed E-state index contributed by atoms with van der Waals surface area (Å²) < 4.78 is 32.8. The highest BCUT2D eigenvalue weighted by atomic mass is 32.2. The molecule has 2 heterocycles. The van der Waals surface area contributed by atoms with Crippen molar-refractivity contribution >= 4 is 32.6 Å². The fraction of sp³-hybridized carbons (Fsp3) is 0.368. The summed E-state index contributed by atoms with van der Waals surface area (Å²) in [7, 11) is -3.57. The van der Waals surface area contributed by atoms with Crippen molar-refractivity contribution in [1.82, 2.24) is 9.29 Å². The smallest absolute Gasteiger partial charge is 0.243 e. The van der Waals surface area contributed by atoms with Crippen molar-refractivity contribution in [3.63, 3.8) is 0 Å². The lowest BCUT2D eigenvalue weighted by Gasteiger charge is -2.34. The monoisotopic (exact) mass is 418 g/mol. The fourth-order valence-electron chi connectivity index (χ4n) is 2.97. The Labute approximate surface area is 169 Å². The molecule has 1 aromatic carbocycles. The number of nitrogens with zero attached hydrogens (tertiary/aromatic N) is 3. The molecule has 0 unspecified atom stereocenters. The van der Waals surface area contributed by atoms with Gasteiger partial charge in [-0.15, -0.1) is 11.3 Å². The number of hydrogen-bond donors (Lipinski definition) is 1. The first-order valence-corrected chi connectivity index (χ1v) is 11.2. The Balaban J connectivity index is 1.74. The highest BCUT2D eigenvalue weighted by Gasteiger charge is 2.32. The third-order valence-electron chi connectivity index (χ3n) is 4.23. The Morgan fingerprint density at radius 1 is 1.32 bits per heavy atom. The topological polar surface area (TPSA) is 95.3 Å². The van der Waals surface area contributed by atoms with Gasteiger partial charge >= 0.3 is 0 Å². The van der Waals surface area contributed by atoms with Crippen LogP contribution in [-0.2, 0) is 14.8 Å². The molecular formula is C19H22N4O3S2. The average Bonchev–Trinajstić information content (AvgIpc) is 3.08. The number of benzene rings is 1. The molecule has 1 fully saturated rings. The molecule has 0 saturated carbocycles. The van der Waals surface area contributed by atoms with Crippen LogP contribution in [0.2, 0.25) is 0 Å². The van der Waals surface area contributed by atoms with E-state index < -0.39 is 10.0 Å². The van der Waals surface area contributed by atoms with Crippen molar-refractivity contribution < 1.29 is 13.2 Å². The summed E-state index contributed by atoms with van der Waals surface area (Å²) in [6, 6.07) is 8.61. The lowest BCUT2D eigenvalue weighted by molar-refractivity contribution is -0.0440. The number of nitriles is 1. The zero-order valence-corrected chi connectivity index (χ0v) is 17.5. The SMILES string of the molecule is Cc1csc(/C(C#N)=C/Nc2ccc(S(=O)(=O)N3C[C@@H](C)O[C@@H](C)C3)cc2)n1. The largest absolute Gasteiger partial charge is 0.373 e. The van der Waals surface area contributed by atoms with E-state index in [4.69, 9.17) is 4.74 Å². The van der Waals surface area contributed by atoms with Gasteiger partial charge in [-0.05, 0) is 45.0 Å². The number of sulfonamides is 1. The van der Waals surface area contributed by atoms with Crippen LogP contribution in [0.25, 0.3) is 5.57 Å². The minimum absolute atomic E-state index is 0.136. The molecule has 1 aromatic heterocycles. The first kappa shape index (κ1) is 20.5. The zero-order chi connectivity index (χ0) is 20.3.